The molecule has 0 unspecified atom stereocenters. The second kappa shape index (κ2) is 8.31. The Balaban J connectivity index is 1.42. The first kappa shape index (κ1) is 18.3. The third kappa shape index (κ3) is 4.26. The lowest BCUT2D eigenvalue weighted by atomic mass is 10.2. The van der Waals surface area contributed by atoms with Crippen LogP contribution in [0.5, 0.6) is 0 Å². The molecule has 1 amide bonds. The van der Waals surface area contributed by atoms with Gasteiger partial charge < -0.3 is 14.3 Å². The van der Waals surface area contributed by atoms with Crippen molar-refractivity contribution in [3.63, 3.8) is 0 Å². The van der Waals surface area contributed by atoms with E-state index in [9.17, 15) is 9.18 Å². The predicted octanol–water partition coefficient (Wildman–Crippen LogP) is 4.23. The molecule has 0 bridgehead atoms. The minimum atomic E-state index is -0.241. The van der Waals surface area contributed by atoms with Crippen molar-refractivity contribution in [2.24, 2.45) is 0 Å². The molecule has 0 saturated heterocycles. The molecular weight excluding hydrogens is 377 g/mol. The van der Waals surface area contributed by atoms with Gasteiger partial charge in [-0.1, -0.05) is 23.9 Å². The molecular formula is C21H18FN3O2S. The minimum Gasteiger partial charge on any atom is -0.467 e. The summed E-state index contributed by atoms with van der Waals surface area (Å²) < 4.78 is 20.4. The number of pyridine rings is 1. The number of aromatic nitrogens is 2. The van der Waals surface area contributed by atoms with Crippen LogP contribution in [0, 0.1) is 5.82 Å². The second-order valence-electron chi connectivity index (χ2n) is 6.26. The van der Waals surface area contributed by atoms with Crippen molar-refractivity contribution in [1.82, 2.24) is 14.9 Å². The topological polar surface area (TPSA) is 60.1 Å². The third-order valence-corrected chi connectivity index (χ3v) is 5.31. The van der Waals surface area contributed by atoms with Crippen LogP contribution in [0.1, 0.15) is 11.3 Å². The number of hydrogen-bond acceptors (Lipinski definition) is 4. The maximum Gasteiger partial charge on any atom is 0.230 e. The Hall–Kier alpha value is -3.06. The van der Waals surface area contributed by atoms with Gasteiger partial charge in [0.05, 0.1) is 24.1 Å². The molecule has 1 N–H and O–H groups in total. The Labute approximate surface area is 165 Å². The molecule has 3 heterocycles. The summed E-state index contributed by atoms with van der Waals surface area (Å²) in [7, 11) is 0. The van der Waals surface area contributed by atoms with Crippen molar-refractivity contribution in [2.45, 2.75) is 18.1 Å². The smallest absolute Gasteiger partial charge is 0.230 e. The van der Waals surface area contributed by atoms with Gasteiger partial charge in [-0.25, -0.2) is 9.37 Å². The molecule has 28 heavy (non-hydrogen) atoms. The molecule has 1 aromatic carbocycles. The lowest BCUT2D eigenvalue weighted by Gasteiger charge is -2.07. The van der Waals surface area contributed by atoms with Gasteiger partial charge >= 0.3 is 0 Å². The number of benzene rings is 1. The first-order valence-electron chi connectivity index (χ1n) is 8.79. The zero-order valence-corrected chi connectivity index (χ0v) is 15.8. The standard InChI is InChI=1S/C21H18FN3O2S/c22-16-5-3-15(4-6-16)13-25-10-8-18-19(25)7-9-23-21(18)28-14-20(26)24-12-17-2-1-11-27-17/h1-11H,12-14H2,(H,24,26). The van der Waals surface area contributed by atoms with E-state index < -0.39 is 0 Å². The number of halogens is 1. The van der Waals surface area contributed by atoms with E-state index >= 15 is 0 Å². The highest BCUT2D eigenvalue weighted by Crippen LogP contribution is 2.27. The summed E-state index contributed by atoms with van der Waals surface area (Å²) in [6.07, 6.45) is 5.31. The number of nitrogens with zero attached hydrogens (tertiary/aromatic N) is 2. The monoisotopic (exact) mass is 395 g/mol. The average molecular weight is 395 g/mol. The van der Waals surface area contributed by atoms with E-state index in [-0.39, 0.29) is 17.5 Å². The van der Waals surface area contributed by atoms with Gasteiger partial charge in [0.1, 0.15) is 16.6 Å². The quantitative estimate of drug-likeness (QED) is 0.476. The molecule has 5 nitrogen and oxygen atoms in total. The van der Waals surface area contributed by atoms with Gasteiger partial charge in [0.2, 0.25) is 5.91 Å². The van der Waals surface area contributed by atoms with Crippen LogP contribution in [0.4, 0.5) is 4.39 Å². The number of fused-ring (bicyclic) bond motifs is 1. The first-order chi connectivity index (χ1) is 13.7. The van der Waals surface area contributed by atoms with Gasteiger partial charge in [-0.3, -0.25) is 4.79 Å². The normalized spacial score (nSPS) is 11.0. The van der Waals surface area contributed by atoms with E-state index in [4.69, 9.17) is 4.42 Å². The lowest BCUT2D eigenvalue weighted by Crippen LogP contribution is -2.24. The molecule has 0 aliphatic rings. The van der Waals surface area contributed by atoms with E-state index in [1.54, 1.807) is 30.7 Å². The number of nitrogens with one attached hydrogen (secondary N) is 1. The number of amides is 1. The molecule has 142 valence electrons. The molecule has 0 aliphatic carbocycles. The highest BCUT2D eigenvalue weighted by Gasteiger charge is 2.10. The molecule has 0 radical (unpaired) electrons. The van der Waals surface area contributed by atoms with Gasteiger partial charge in [0.15, 0.2) is 0 Å². The third-order valence-electron chi connectivity index (χ3n) is 4.31. The van der Waals surface area contributed by atoms with Gasteiger partial charge in [0, 0.05) is 24.3 Å². The van der Waals surface area contributed by atoms with Crippen LogP contribution in [-0.4, -0.2) is 21.2 Å². The van der Waals surface area contributed by atoms with Crippen molar-refractivity contribution in [1.29, 1.82) is 0 Å². The molecule has 0 atom stereocenters. The minimum absolute atomic E-state index is 0.0778. The molecule has 4 rings (SSSR count). The zero-order chi connectivity index (χ0) is 19.3. The summed E-state index contributed by atoms with van der Waals surface area (Å²) in [5, 5.41) is 4.63. The molecule has 0 spiro atoms. The van der Waals surface area contributed by atoms with Gasteiger partial charge in [-0.05, 0) is 42.0 Å². The number of carbonyl (C=O) groups is 1. The van der Waals surface area contributed by atoms with Crippen LogP contribution >= 0.6 is 11.8 Å². The van der Waals surface area contributed by atoms with Crippen LogP contribution < -0.4 is 5.32 Å². The van der Waals surface area contributed by atoms with Gasteiger partial charge in [0.25, 0.3) is 0 Å². The lowest BCUT2D eigenvalue weighted by molar-refractivity contribution is -0.118. The summed E-state index contributed by atoms with van der Waals surface area (Å²) in [5.41, 5.74) is 2.04. The molecule has 4 aromatic rings. The van der Waals surface area contributed by atoms with Gasteiger partial charge in [-0.2, -0.15) is 0 Å². The first-order valence-corrected chi connectivity index (χ1v) is 9.78. The van der Waals surface area contributed by atoms with Crippen molar-refractivity contribution in [2.75, 3.05) is 5.75 Å². The number of hydrogen-bond donors (Lipinski definition) is 1. The van der Waals surface area contributed by atoms with Crippen LogP contribution in [0.3, 0.4) is 0 Å². The Morgan fingerprint density at radius 3 is 2.82 bits per heavy atom. The zero-order valence-electron chi connectivity index (χ0n) is 15.0. The van der Waals surface area contributed by atoms with E-state index in [0.717, 1.165) is 27.3 Å². The van der Waals surface area contributed by atoms with Crippen LogP contribution in [-0.2, 0) is 17.9 Å². The molecule has 0 fully saturated rings. The summed E-state index contributed by atoms with van der Waals surface area (Å²) in [6.45, 7) is 1.01. The summed E-state index contributed by atoms with van der Waals surface area (Å²) in [5.74, 6) is 0.674. The highest BCUT2D eigenvalue weighted by molar-refractivity contribution is 8.00. The van der Waals surface area contributed by atoms with Crippen LogP contribution in [0.25, 0.3) is 10.9 Å². The fourth-order valence-electron chi connectivity index (χ4n) is 2.92. The largest absolute Gasteiger partial charge is 0.467 e. The highest BCUT2D eigenvalue weighted by atomic mass is 32.2. The van der Waals surface area contributed by atoms with Crippen molar-refractivity contribution < 1.29 is 13.6 Å². The Morgan fingerprint density at radius 1 is 1.18 bits per heavy atom. The summed E-state index contributed by atoms with van der Waals surface area (Å²) in [4.78, 5) is 16.5. The SMILES string of the molecule is O=C(CSc1nccc2c1ccn2Cc1ccc(F)cc1)NCc1ccco1. The fraction of sp³-hybridized carbons (Fsp3) is 0.143. The van der Waals surface area contributed by atoms with Gasteiger partial charge in [-0.15, -0.1) is 0 Å². The Bertz CT molecular complexity index is 1070. The van der Waals surface area contributed by atoms with Crippen molar-refractivity contribution in [3.8, 4) is 0 Å². The molecule has 7 heteroatoms. The maximum atomic E-state index is 13.1. The fourth-order valence-corrected chi connectivity index (χ4v) is 3.75. The van der Waals surface area contributed by atoms with Crippen LogP contribution in [0.2, 0.25) is 0 Å². The molecule has 0 aliphatic heterocycles. The Kier molecular flexibility index (Phi) is 5.43. The predicted molar refractivity (Wildman–Crippen MR) is 107 cm³/mol. The molecule has 3 aromatic heterocycles. The summed E-state index contributed by atoms with van der Waals surface area (Å²) >= 11 is 1.40. The number of thioether (sulfide) groups is 1. The number of carbonyl (C=O) groups excluding carboxylic acids is 1. The number of furan rings is 1. The number of rotatable bonds is 7. The van der Waals surface area contributed by atoms with Crippen LogP contribution in [0.15, 0.2) is 76.6 Å². The second-order valence-corrected chi connectivity index (χ2v) is 7.23. The van der Waals surface area contributed by atoms with Crippen molar-refractivity contribution in [3.05, 3.63) is 84.3 Å². The van der Waals surface area contributed by atoms with E-state index in [2.05, 4.69) is 14.9 Å². The Morgan fingerprint density at radius 2 is 2.04 bits per heavy atom. The van der Waals surface area contributed by atoms with E-state index in [1.807, 2.05) is 24.4 Å². The average Bonchev–Trinajstić information content (AvgIpc) is 3.37. The van der Waals surface area contributed by atoms with E-state index in [1.165, 1.54) is 23.9 Å². The van der Waals surface area contributed by atoms with Crippen molar-refractivity contribution >= 4 is 28.6 Å². The summed E-state index contributed by atoms with van der Waals surface area (Å²) in [6, 6.07) is 14.0. The maximum absolute atomic E-state index is 13.1. The molecule has 0 saturated carbocycles. The van der Waals surface area contributed by atoms with E-state index in [0.29, 0.717) is 13.1 Å².